The van der Waals surface area contributed by atoms with Gasteiger partial charge in [-0.3, -0.25) is 4.79 Å². The summed E-state index contributed by atoms with van der Waals surface area (Å²) in [6.45, 7) is 2.82. The Bertz CT molecular complexity index is 396. The maximum Gasteiger partial charge on any atom is 0.305 e. The smallest absolute Gasteiger partial charge is 0.305 e. The van der Waals surface area contributed by atoms with Crippen molar-refractivity contribution in [3.8, 4) is 5.75 Å². The van der Waals surface area contributed by atoms with E-state index in [1.807, 2.05) is 0 Å². The van der Waals surface area contributed by atoms with E-state index in [2.05, 4.69) is 10.1 Å². The topological polar surface area (TPSA) is 47.6 Å². The van der Waals surface area contributed by atoms with Crippen molar-refractivity contribution < 1.29 is 18.7 Å². The number of ether oxygens (including phenoxy) is 2. The van der Waals surface area contributed by atoms with Gasteiger partial charge in [-0.2, -0.15) is 0 Å². The average Bonchev–Trinajstić information content (AvgIpc) is 2.37. The maximum absolute atomic E-state index is 13.5. The lowest BCUT2D eigenvalue weighted by Gasteiger charge is -2.08. The second kappa shape index (κ2) is 7.53. The quantitative estimate of drug-likeness (QED) is 0.601. The van der Waals surface area contributed by atoms with Crippen LogP contribution in [0.15, 0.2) is 18.2 Å². The number of rotatable bonds is 7. The third-order valence-corrected chi connectivity index (χ3v) is 2.35. The summed E-state index contributed by atoms with van der Waals surface area (Å²) in [5.74, 6) is -0.387. The number of carbonyl (C=O) groups excluding carboxylic acids is 1. The number of nitrogens with one attached hydrogen (secondary N) is 1. The van der Waals surface area contributed by atoms with Crippen molar-refractivity contribution >= 4 is 11.7 Å². The van der Waals surface area contributed by atoms with Gasteiger partial charge in [-0.25, -0.2) is 4.39 Å². The summed E-state index contributed by atoms with van der Waals surface area (Å²) in [5, 5.41) is 3.03. The first-order valence-corrected chi connectivity index (χ1v) is 5.90. The van der Waals surface area contributed by atoms with E-state index < -0.39 is 5.82 Å². The SMILES string of the molecule is CCOc1ccc(NCCCC(=O)OC)cc1F. The summed E-state index contributed by atoms with van der Waals surface area (Å²) in [6.07, 6.45) is 0.991. The minimum atomic E-state index is -0.394. The molecule has 0 aliphatic heterocycles. The molecule has 1 aromatic carbocycles. The zero-order valence-corrected chi connectivity index (χ0v) is 10.7. The van der Waals surface area contributed by atoms with E-state index in [0.29, 0.717) is 31.7 Å². The zero-order valence-electron chi connectivity index (χ0n) is 10.7. The molecule has 0 heterocycles. The lowest BCUT2D eigenvalue weighted by molar-refractivity contribution is -0.140. The molecule has 0 saturated heterocycles. The van der Waals surface area contributed by atoms with Crippen LogP contribution < -0.4 is 10.1 Å². The van der Waals surface area contributed by atoms with Crippen LogP contribution in [0.2, 0.25) is 0 Å². The zero-order chi connectivity index (χ0) is 13.4. The van der Waals surface area contributed by atoms with Crippen molar-refractivity contribution in [2.75, 3.05) is 25.6 Å². The summed E-state index contributed by atoms with van der Waals surface area (Å²) in [7, 11) is 1.36. The van der Waals surface area contributed by atoms with Crippen molar-refractivity contribution in [3.63, 3.8) is 0 Å². The number of halogens is 1. The highest BCUT2D eigenvalue weighted by Crippen LogP contribution is 2.21. The van der Waals surface area contributed by atoms with Crippen LogP contribution in [0, 0.1) is 5.82 Å². The molecule has 0 unspecified atom stereocenters. The van der Waals surface area contributed by atoms with Gasteiger partial charge in [0.15, 0.2) is 11.6 Å². The Morgan fingerprint density at radius 2 is 2.22 bits per heavy atom. The lowest BCUT2D eigenvalue weighted by atomic mass is 10.2. The number of benzene rings is 1. The standard InChI is InChI=1S/C13H18FNO3/c1-3-18-12-7-6-10(9-11(12)14)15-8-4-5-13(16)17-2/h6-7,9,15H,3-5,8H2,1-2H3. The predicted molar refractivity (Wildman–Crippen MR) is 67.3 cm³/mol. The van der Waals surface area contributed by atoms with E-state index in [9.17, 15) is 9.18 Å². The van der Waals surface area contributed by atoms with Crippen LogP contribution in [0.3, 0.4) is 0 Å². The van der Waals surface area contributed by atoms with Crippen LogP contribution in [-0.2, 0) is 9.53 Å². The highest BCUT2D eigenvalue weighted by atomic mass is 19.1. The Morgan fingerprint density at radius 3 is 2.83 bits per heavy atom. The molecule has 1 N–H and O–H groups in total. The number of hydrogen-bond acceptors (Lipinski definition) is 4. The predicted octanol–water partition coefficient (Wildman–Crippen LogP) is 2.59. The molecule has 5 heteroatoms. The van der Waals surface area contributed by atoms with Gasteiger partial charge in [-0.05, 0) is 25.5 Å². The summed E-state index contributed by atoms with van der Waals surface area (Å²) in [5.41, 5.74) is 0.667. The fourth-order valence-corrected chi connectivity index (χ4v) is 1.45. The van der Waals surface area contributed by atoms with E-state index in [1.54, 1.807) is 19.1 Å². The normalized spacial score (nSPS) is 9.94. The van der Waals surface area contributed by atoms with Gasteiger partial charge in [0.1, 0.15) is 0 Å². The van der Waals surface area contributed by atoms with E-state index in [1.165, 1.54) is 13.2 Å². The van der Waals surface area contributed by atoms with Crippen LogP contribution in [0.25, 0.3) is 0 Å². The molecule has 18 heavy (non-hydrogen) atoms. The molecule has 0 saturated carbocycles. The Kier molecular flexibility index (Phi) is 5.97. The number of anilines is 1. The summed E-state index contributed by atoms with van der Waals surface area (Å²) < 4.78 is 23.1. The Morgan fingerprint density at radius 1 is 1.44 bits per heavy atom. The Balaban J connectivity index is 2.39. The van der Waals surface area contributed by atoms with Crippen LogP contribution >= 0.6 is 0 Å². The Labute approximate surface area is 106 Å². The Hall–Kier alpha value is -1.78. The highest BCUT2D eigenvalue weighted by molar-refractivity contribution is 5.69. The molecule has 0 aromatic heterocycles. The third-order valence-electron chi connectivity index (χ3n) is 2.35. The molecule has 1 rings (SSSR count). The molecule has 100 valence electrons. The average molecular weight is 255 g/mol. The van der Waals surface area contributed by atoms with E-state index >= 15 is 0 Å². The van der Waals surface area contributed by atoms with Crippen LogP contribution in [0.1, 0.15) is 19.8 Å². The molecule has 0 bridgehead atoms. The summed E-state index contributed by atoms with van der Waals surface area (Å²) in [4.78, 5) is 10.9. The lowest BCUT2D eigenvalue weighted by Crippen LogP contribution is -2.06. The third kappa shape index (κ3) is 4.61. The fourth-order valence-electron chi connectivity index (χ4n) is 1.45. The van der Waals surface area contributed by atoms with Crippen LogP contribution in [0.4, 0.5) is 10.1 Å². The first-order valence-electron chi connectivity index (χ1n) is 5.90. The molecule has 1 aromatic rings. The van der Waals surface area contributed by atoms with Gasteiger partial charge in [0.2, 0.25) is 0 Å². The first-order chi connectivity index (χ1) is 8.67. The molecule has 0 amide bonds. The molecular formula is C13H18FNO3. The van der Waals surface area contributed by atoms with E-state index in [4.69, 9.17) is 4.74 Å². The van der Waals surface area contributed by atoms with Crippen LogP contribution in [-0.4, -0.2) is 26.2 Å². The molecule has 4 nitrogen and oxygen atoms in total. The van der Waals surface area contributed by atoms with Gasteiger partial charge in [0, 0.05) is 24.7 Å². The van der Waals surface area contributed by atoms with Gasteiger partial charge < -0.3 is 14.8 Å². The molecule has 0 atom stereocenters. The van der Waals surface area contributed by atoms with Crippen molar-refractivity contribution in [2.24, 2.45) is 0 Å². The van der Waals surface area contributed by atoms with Gasteiger partial charge >= 0.3 is 5.97 Å². The molecule has 0 aliphatic rings. The van der Waals surface area contributed by atoms with Crippen molar-refractivity contribution in [1.29, 1.82) is 0 Å². The fraction of sp³-hybridized carbons (Fsp3) is 0.462. The monoisotopic (exact) mass is 255 g/mol. The number of methoxy groups -OCH3 is 1. The van der Waals surface area contributed by atoms with Crippen molar-refractivity contribution in [1.82, 2.24) is 0 Å². The molecule has 0 spiro atoms. The number of esters is 1. The number of carbonyl (C=O) groups is 1. The maximum atomic E-state index is 13.5. The minimum Gasteiger partial charge on any atom is -0.491 e. The first kappa shape index (κ1) is 14.3. The minimum absolute atomic E-state index is 0.241. The van der Waals surface area contributed by atoms with E-state index in [0.717, 1.165) is 0 Å². The summed E-state index contributed by atoms with van der Waals surface area (Å²) in [6, 6.07) is 4.71. The van der Waals surface area contributed by atoms with Gasteiger partial charge in [0.25, 0.3) is 0 Å². The van der Waals surface area contributed by atoms with Crippen molar-refractivity contribution in [3.05, 3.63) is 24.0 Å². The molecular weight excluding hydrogens is 237 g/mol. The highest BCUT2D eigenvalue weighted by Gasteiger charge is 2.04. The second-order valence-electron chi connectivity index (χ2n) is 3.68. The van der Waals surface area contributed by atoms with Crippen LogP contribution in [0.5, 0.6) is 5.75 Å². The van der Waals surface area contributed by atoms with Crippen molar-refractivity contribution in [2.45, 2.75) is 19.8 Å². The number of hydrogen-bond donors (Lipinski definition) is 1. The molecule has 0 aliphatic carbocycles. The second-order valence-corrected chi connectivity index (χ2v) is 3.68. The van der Waals surface area contributed by atoms with Gasteiger partial charge in [-0.1, -0.05) is 0 Å². The molecule has 0 fully saturated rings. The summed E-state index contributed by atoms with van der Waals surface area (Å²) >= 11 is 0. The van der Waals surface area contributed by atoms with E-state index in [-0.39, 0.29) is 11.7 Å². The van der Waals surface area contributed by atoms with Gasteiger partial charge in [0.05, 0.1) is 13.7 Å². The van der Waals surface area contributed by atoms with Gasteiger partial charge in [-0.15, -0.1) is 0 Å². The largest absolute Gasteiger partial charge is 0.491 e. The molecule has 0 radical (unpaired) electrons.